The third-order valence-electron chi connectivity index (χ3n) is 6.46. The van der Waals surface area contributed by atoms with Gasteiger partial charge in [0.15, 0.2) is 5.11 Å². The molecular weight excluding hydrogens is 344 g/mol. The van der Waals surface area contributed by atoms with Crippen molar-refractivity contribution in [3.8, 4) is 0 Å². The molecule has 4 saturated heterocycles. The minimum atomic E-state index is 0.634. The second kappa shape index (κ2) is 8.72. The summed E-state index contributed by atoms with van der Waals surface area (Å²) in [6.45, 7) is 8.11. The highest BCUT2D eigenvalue weighted by Crippen LogP contribution is 2.36. The van der Waals surface area contributed by atoms with Crippen molar-refractivity contribution in [1.82, 2.24) is 20.4 Å². The Morgan fingerprint density at radius 1 is 1.19 bits per heavy atom. The Hall–Kier alpha value is -1.11. The van der Waals surface area contributed by atoms with Crippen molar-refractivity contribution >= 4 is 17.3 Å². The number of furan rings is 1. The van der Waals surface area contributed by atoms with Crippen LogP contribution in [0.1, 0.15) is 37.9 Å². The first-order valence-corrected chi connectivity index (χ1v) is 10.7. The van der Waals surface area contributed by atoms with E-state index in [1.165, 1.54) is 64.8 Å². The number of rotatable bonds is 6. The standard InChI is InChI=1S/C20H32N4OS/c26-20(22-13-19-5-4-10-25-19)21-12-18-11-16-6-9-24(18)15-17(16)14-23-7-2-1-3-8-23/h4-5,10,16-18H,1-3,6-9,11-15H2,(H2,21,22,26)/t16-,17+,18+/m1/s1. The van der Waals surface area contributed by atoms with Crippen LogP contribution in [0, 0.1) is 11.8 Å². The van der Waals surface area contributed by atoms with Crippen LogP contribution in [0.2, 0.25) is 0 Å². The zero-order valence-electron chi connectivity index (χ0n) is 15.7. The average Bonchev–Trinajstić information content (AvgIpc) is 3.20. The van der Waals surface area contributed by atoms with Gasteiger partial charge in [0.05, 0.1) is 12.8 Å². The first-order chi connectivity index (χ1) is 12.8. The van der Waals surface area contributed by atoms with Crippen LogP contribution in [0.15, 0.2) is 22.8 Å². The average molecular weight is 377 g/mol. The molecule has 5 heterocycles. The van der Waals surface area contributed by atoms with E-state index in [2.05, 4.69) is 20.4 Å². The molecule has 4 fully saturated rings. The van der Waals surface area contributed by atoms with Gasteiger partial charge in [-0.2, -0.15) is 0 Å². The molecule has 6 heteroatoms. The first kappa shape index (κ1) is 18.3. The monoisotopic (exact) mass is 376 g/mol. The van der Waals surface area contributed by atoms with E-state index in [1.807, 2.05) is 12.1 Å². The van der Waals surface area contributed by atoms with Gasteiger partial charge in [0.25, 0.3) is 0 Å². The number of hydrogen-bond donors (Lipinski definition) is 2. The van der Waals surface area contributed by atoms with Crippen LogP contribution >= 0.6 is 12.2 Å². The molecular formula is C20H32N4OS. The maximum atomic E-state index is 5.42. The molecule has 0 saturated carbocycles. The minimum absolute atomic E-state index is 0.634. The predicted octanol–water partition coefficient (Wildman–Crippen LogP) is 2.44. The molecule has 0 radical (unpaired) electrons. The maximum Gasteiger partial charge on any atom is 0.166 e. The number of nitrogens with zero attached hydrogens (tertiary/aromatic N) is 2. The number of likely N-dealkylation sites (tertiary alicyclic amines) is 1. The second-order valence-electron chi connectivity index (χ2n) is 8.20. The third-order valence-corrected chi connectivity index (χ3v) is 6.75. The molecule has 4 atom stereocenters. The van der Waals surface area contributed by atoms with E-state index in [0.29, 0.717) is 12.6 Å². The molecule has 5 rings (SSSR count). The van der Waals surface area contributed by atoms with Crippen LogP contribution in [0.5, 0.6) is 0 Å². The zero-order valence-corrected chi connectivity index (χ0v) is 16.5. The molecule has 1 aromatic heterocycles. The smallest absolute Gasteiger partial charge is 0.166 e. The van der Waals surface area contributed by atoms with E-state index in [1.54, 1.807) is 6.26 Å². The van der Waals surface area contributed by atoms with Gasteiger partial charge in [0.1, 0.15) is 5.76 Å². The molecule has 5 nitrogen and oxygen atoms in total. The Morgan fingerprint density at radius 3 is 2.81 bits per heavy atom. The van der Waals surface area contributed by atoms with Crippen molar-refractivity contribution in [3.05, 3.63) is 24.2 Å². The van der Waals surface area contributed by atoms with E-state index in [9.17, 15) is 0 Å². The molecule has 0 spiro atoms. The SMILES string of the molecule is S=C(NCc1ccco1)NC[C@@H]1C[C@H]2CCN1C[C@@H]2CN1CCCCC1. The minimum Gasteiger partial charge on any atom is -0.467 e. The molecule has 0 aromatic carbocycles. The summed E-state index contributed by atoms with van der Waals surface area (Å²) in [6.07, 6.45) is 8.63. The van der Waals surface area contributed by atoms with E-state index in [-0.39, 0.29) is 0 Å². The Bertz CT molecular complexity index is 572. The van der Waals surface area contributed by atoms with E-state index >= 15 is 0 Å². The molecule has 1 unspecified atom stereocenters. The maximum absolute atomic E-state index is 5.42. The number of nitrogens with one attached hydrogen (secondary N) is 2. The summed E-state index contributed by atoms with van der Waals surface area (Å²) in [5.41, 5.74) is 0. The fourth-order valence-electron chi connectivity index (χ4n) is 5.00. The fraction of sp³-hybridized carbons (Fsp3) is 0.750. The Morgan fingerprint density at radius 2 is 2.08 bits per heavy atom. The van der Waals surface area contributed by atoms with Gasteiger partial charge < -0.3 is 20.0 Å². The van der Waals surface area contributed by atoms with Gasteiger partial charge >= 0.3 is 0 Å². The lowest BCUT2D eigenvalue weighted by Gasteiger charge is -2.51. The van der Waals surface area contributed by atoms with Crippen LogP contribution in [0.25, 0.3) is 0 Å². The summed E-state index contributed by atoms with van der Waals surface area (Å²) in [4.78, 5) is 5.42. The highest BCUT2D eigenvalue weighted by Gasteiger charge is 2.40. The number of hydrogen-bond acceptors (Lipinski definition) is 4. The van der Waals surface area contributed by atoms with Crippen LogP contribution in [0.4, 0.5) is 0 Å². The summed E-state index contributed by atoms with van der Waals surface area (Å²) in [5.74, 6) is 2.69. The molecule has 2 bridgehead atoms. The van der Waals surface area contributed by atoms with Gasteiger partial charge in [-0.25, -0.2) is 0 Å². The molecule has 144 valence electrons. The molecule has 2 N–H and O–H groups in total. The molecule has 4 aliphatic heterocycles. The Kier molecular flexibility index (Phi) is 6.12. The normalized spacial score (nSPS) is 31.7. The highest BCUT2D eigenvalue weighted by molar-refractivity contribution is 7.80. The van der Waals surface area contributed by atoms with E-state index < -0.39 is 0 Å². The van der Waals surface area contributed by atoms with Gasteiger partial charge in [-0.3, -0.25) is 4.90 Å². The van der Waals surface area contributed by atoms with Crippen molar-refractivity contribution in [3.63, 3.8) is 0 Å². The number of piperidine rings is 4. The quantitative estimate of drug-likeness (QED) is 0.744. The van der Waals surface area contributed by atoms with Crippen molar-refractivity contribution in [2.45, 2.75) is 44.7 Å². The van der Waals surface area contributed by atoms with Crippen LogP contribution in [-0.2, 0) is 6.54 Å². The summed E-state index contributed by atoms with van der Waals surface area (Å²) >= 11 is 5.42. The van der Waals surface area contributed by atoms with Gasteiger partial charge in [-0.15, -0.1) is 0 Å². The van der Waals surface area contributed by atoms with Gasteiger partial charge in [-0.1, -0.05) is 6.42 Å². The van der Waals surface area contributed by atoms with Gasteiger partial charge in [0.2, 0.25) is 0 Å². The van der Waals surface area contributed by atoms with Crippen molar-refractivity contribution in [2.24, 2.45) is 11.8 Å². The van der Waals surface area contributed by atoms with Gasteiger partial charge in [-0.05, 0) is 81.5 Å². The van der Waals surface area contributed by atoms with Crippen molar-refractivity contribution in [1.29, 1.82) is 0 Å². The third kappa shape index (κ3) is 4.59. The molecule has 1 aromatic rings. The van der Waals surface area contributed by atoms with Crippen molar-refractivity contribution < 1.29 is 4.42 Å². The lowest BCUT2D eigenvalue weighted by molar-refractivity contribution is -0.0124. The van der Waals surface area contributed by atoms with E-state index in [4.69, 9.17) is 16.6 Å². The number of fused-ring (bicyclic) bond motifs is 3. The predicted molar refractivity (Wildman–Crippen MR) is 108 cm³/mol. The zero-order chi connectivity index (χ0) is 17.8. The van der Waals surface area contributed by atoms with Crippen molar-refractivity contribution in [2.75, 3.05) is 39.3 Å². The molecule has 4 aliphatic rings. The highest BCUT2D eigenvalue weighted by atomic mass is 32.1. The van der Waals surface area contributed by atoms with Crippen LogP contribution in [0.3, 0.4) is 0 Å². The lowest BCUT2D eigenvalue weighted by Crippen LogP contribution is -2.59. The Balaban J connectivity index is 1.19. The van der Waals surface area contributed by atoms with Gasteiger partial charge in [0, 0.05) is 25.7 Å². The summed E-state index contributed by atoms with van der Waals surface area (Å²) in [5, 5.41) is 7.39. The summed E-state index contributed by atoms with van der Waals surface area (Å²) in [7, 11) is 0. The topological polar surface area (TPSA) is 43.7 Å². The van der Waals surface area contributed by atoms with E-state index in [0.717, 1.165) is 29.3 Å². The van der Waals surface area contributed by atoms with Crippen LogP contribution < -0.4 is 10.6 Å². The second-order valence-corrected chi connectivity index (χ2v) is 8.61. The fourth-order valence-corrected chi connectivity index (χ4v) is 5.15. The summed E-state index contributed by atoms with van der Waals surface area (Å²) < 4.78 is 5.33. The largest absolute Gasteiger partial charge is 0.467 e. The molecule has 0 aliphatic carbocycles. The number of thiocarbonyl (C=S) groups is 1. The Labute approximate surface area is 162 Å². The van der Waals surface area contributed by atoms with Crippen LogP contribution in [-0.4, -0.2) is 60.2 Å². The molecule has 0 amide bonds. The summed E-state index contributed by atoms with van der Waals surface area (Å²) in [6, 6.07) is 4.50. The lowest BCUT2D eigenvalue weighted by atomic mass is 9.75. The molecule has 26 heavy (non-hydrogen) atoms. The first-order valence-electron chi connectivity index (χ1n) is 10.3.